The Balaban J connectivity index is 0.795. The minimum atomic E-state index is -5.57. The van der Waals surface area contributed by atoms with E-state index >= 15 is 0 Å². The zero-order valence-electron chi connectivity index (χ0n) is 44.7. The molecule has 8 unspecified atom stereocenters. The van der Waals surface area contributed by atoms with Crippen LogP contribution >= 0.6 is 21.6 Å². The number of halogens is 6. The second-order valence-electron chi connectivity index (χ2n) is 22.3. The lowest BCUT2D eigenvalue weighted by atomic mass is 9.55. The highest BCUT2D eigenvalue weighted by Crippen LogP contribution is 2.62. The van der Waals surface area contributed by atoms with Gasteiger partial charge in [0.25, 0.3) is 5.60 Å². The molecule has 0 spiro atoms. The van der Waals surface area contributed by atoms with Crippen molar-refractivity contribution in [1.29, 1.82) is 0 Å². The number of fused-ring (bicyclic) bond motifs is 5. The number of rotatable bonds is 30. The van der Waals surface area contributed by atoms with Crippen LogP contribution in [0.25, 0.3) is 0 Å². The zero-order valence-corrected chi connectivity index (χ0v) is 46.3. The van der Waals surface area contributed by atoms with Crippen molar-refractivity contribution in [3.63, 3.8) is 0 Å². The monoisotopic (exact) mass is 1090 g/mol. The van der Waals surface area contributed by atoms with Crippen LogP contribution in [0.1, 0.15) is 154 Å². The molecule has 420 valence electrons. The van der Waals surface area contributed by atoms with E-state index in [1.54, 1.807) is 20.4 Å². The van der Waals surface area contributed by atoms with E-state index in [0.29, 0.717) is 55.8 Å². The van der Waals surface area contributed by atoms with E-state index < -0.39 is 30.8 Å². The number of amides is 1. The minimum Gasteiger partial charge on any atom is -0.492 e. The Hall–Kier alpha value is -2.39. The van der Waals surface area contributed by atoms with Gasteiger partial charge in [0.05, 0.1) is 31.8 Å². The molecule has 2 heterocycles. The molecule has 1 aromatic carbocycles. The summed E-state index contributed by atoms with van der Waals surface area (Å²) < 4.78 is 113. The van der Waals surface area contributed by atoms with Crippen molar-refractivity contribution in [3.05, 3.63) is 41.1 Å². The molecule has 6 rings (SSSR count). The Labute approximate surface area is 443 Å². The van der Waals surface area contributed by atoms with Crippen LogP contribution in [0.4, 0.5) is 26.3 Å². The van der Waals surface area contributed by atoms with Crippen molar-refractivity contribution in [2.75, 3.05) is 66.5 Å². The van der Waals surface area contributed by atoms with Gasteiger partial charge in [0.1, 0.15) is 30.5 Å². The number of hydrogen-bond donors (Lipinski definition) is 0. The number of nitrogens with zero attached hydrogens (tertiary/aromatic N) is 2. The number of hydrogen-bond acceptors (Lipinski definition) is 12. The minimum absolute atomic E-state index is 0.0368. The number of ether oxygens (including phenoxy) is 6. The first-order valence-electron chi connectivity index (χ1n) is 26.9. The molecular formula is C55H82F6N2O9S2. The Kier molecular flexibility index (Phi) is 22.2. The van der Waals surface area contributed by atoms with Crippen molar-refractivity contribution >= 4 is 39.1 Å². The van der Waals surface area contributed by atoms with Gasteiger partial charge >= 0.3 is 12.4 Å². The number of unbranched alkanes of at least 4 members (excludes halogenated alkanes) is 4. The van der Waals surface area contributed by atoms with E-state index in [9.17, 15) is 40.7 Å². The number of aryl methyl sites for hydroxylation is 1. The van der Waals surface area contributed by atoms with Crippen LogP contribution in [-0.2, 0) is 44.5 Å². The van der Waals surface area contributed by atoms with Crippen molar-refractivity contribution in [1.82, 2.24) is 9.80 Å². The first-order valence-corrected chi connectivity index (χ1v) is 29.2. The normalized spacial score (nSPS) is 26.6. The summed E-state index contributed by atoms with van der Waals surface area (Å²) in [6, 6.07) is 6.57. The van der Waals surface area contributed by atoms with Crippen LogP contribution in [0.2, 0.25) is 0 Å². The third-order valence-electron chi connectivity index (χ3n) is 16.5. The van der Waals surface area contributed by atoms with Gasteiger partial charge < -0.3 is 33.3 Å². The van der Waals surface area contributed by atoms with Crippen molar-refractivity contribution in [2.45, 2.75) is 196 Å². The molecular weight excluding hydrogens is 1010 g/mol. The molecule has 8 atom stereocenters. The van der Waals surface area contributed by atoms with E-state index in [1.165, 1.54) is 16.0 Å². The first-order chi connectivity index (χ1) is 35.0. The van der Waals surface area contributed by atoms with E-state index in [1.807, 2.05) is 21.6 Å². The Bertz CT molecular complexity index is 2030. The highest BCUT2D eigenvalue weighted by Gasteiger charge is 2.69. The summed E-state index contributed by atoms with van der Waals surface area (Å²) >= 11 is 0. The maximum absolute atomic E-state index is 13.2. The number of methoxy groups -OCH3 is 2. The van der Waals surface area contributed by atoms with Gasteiger partial charge in [-0.1, -0.05) is 53.8 Å². The van der Waals surface area contributed by atoms with Crippen molar-refractivity contribution in [2.24, 2.45) is 17.3 Å². The summed E-state index contributed by atoms with van der Waals surface area (Å²) in [4.78, 5) is 41.9. The van der Waals surface area contributed by atoms with Gasteiger partial charge in [-0.15, -0.1) is 0 Å². The second kappa shape index (κ2) is 27.0. The van der Waals surface area contributed by atoms with Crippen molar-refractivity contribution in [3.8, 4) is 5.75 Å². The smallest absolute Gasteiger partial charge is 0.426 e. The van der Waals surface area contributed by atoms with Crippen molar-refractivity contribution < 1.29 is 69.1 Å². The summed E-state index contributed by atoms with van der Waals surface area (Å²) in [6.45, 7) is 8.98. The summed E-state index contributed by atoms with van der Waals surface area (Å²) in [5.41, 5.74) is -1.05. The largest absolute Gasteiger partial charge is 0.492 e. The van der Waals surface area contributed by atoms with Gasteiger partial charge in [-0.05, 0) is 151 Å². The van der Waals surface area contributed by atoms with Gasteiger partial charge in [0.15, 0.2) is 5.78 Å². The summed E-state index contributed by atoms with van der Waals surface area (Å²) in [5, 5.41) is 0. The molecule has 1 saturated heterocycles. The molecule has 1 amide bonds. The maximum atomic E-state index is 13.2. The zero-order chi connectivity index (χ0) is 53.9. The molecule has 0 radical (unpaired) electrons. The predicted molar refractivity (Wildman–Crippen MR) is 276 cm³/mol. The standard InChI is InChI=1S/C55H82F6N2O9S2/c1-51(2,74-73-31-12-10-8-9-11-14-39(64)17-15-38-35-63(49(66)33-45(38)65)50-34-46(68-7)47(72-50)36-67-6)25-26-62(5)27-30-69-40-18-20-41-37(32-40)16-19-43-42(41)23-24-52(3)44(43)21-22-48(52)70-28-13-29-71-53(4,54(56,57)58)55(59,60)61/h18,20,32,35,42-44,46-48,50H,8-17,19,21-31,33-34,36H2,1-7H3. The predicted octanol–water partition coefficient (Wildman–Crippen LogP) is 12.2. The summed E-state index contributed by atoms with van der Waals surface area (Å²) in [5.74, 6) is 2.97. The Morgan fingerprint density at radius 1 is 0.905 bits per heavy atom. The number of likely N-dealkylation sites (N-methyl/N-ethyl adjacent to an activating group) is 1. The molecule has 0 aromatic heterocycles. The number of alkyl halides is 6. The fraction of sp³-hybridized carbons (Fsp3) is 0.800. The highest BCUT2D eigenvalue weighted by molar-refractivity contribution is 8.77. The number of carbonyl (C=O) groups is 3. The van der Waals surface area contributed by atoms with Gasteiger partial charge in [0.2, 0.25) is 5.91 Å². The van der Waals surface area contributed by atoms with Gasteiger partial charge in [0, 0.05) is 68.9 Å². The number of benzene rings is 1. The van der Waals surface area contributed by atoms with Crippen LogP contribution in [0.15, 0.2) is 30.0 Å². The fourth-order valence-electron chi connectivity index (χ4n) is 11.8. The van der Waals surface area contributed by atoms with E-state index in [2.05, 4.69) is 55.7 Å². The van der Waals surface area contributed by atoms with Crippen LogP contribution in [-0.4, -0.2) is 141 Å². The molecule has 11 nitrogen and oxygen atoms in total. The van der Waals surface area contributed by atoms with Crippen LogP contribution in [0, 0.1) is 17.3 Å². The van der Waals surface area contributed by atoms with Gasteiger partial charge in [-0.2, -0.15) is 26.3 Å². The lowest BCUT2D eigenvalue weighted by molar-refractivity contribution is -0.374. The number of carbonyl (C=O) groups excluding carboxylic acids is 3. The van der Waals surface area contributed by atoms with Gasteiger partial charge in [-0.3, -0.25) is 19.3 Å². The number of allylic oxidation sites excluding steroid dienone is 1. The average Bonchev–Trinajstić information content (AvgIpc) is 3.91. The first kappa shape index (κ1) is 60.8. The molecule has 1 aromatic rings. The molecule has 2 aliphatic heterocycles. The Morgan fingerprint density at radius 3 is 2.38 bits per heavy atom. The molecule has 5 aliphatic rings. The number of ketones is 2. The molecule has 19 heteroatoms. The highest BCUT2D eigenvalue weighted by atomic mass is 33.1. The average molecular weight is 1090 g/mol. The lowest BCUT2D eigenvalue weighted by Gasteiger charge is -2.50. The van der Waals surface area contributed by atoms with Crippen LogP contribution in [0.3, 0.4) is 0 Å². The SMILES string of the molecule is COCC1OC(N2C=C(CCC(=O)CCCCCCCSSC(C)(C)CCN(C)CCOc3ccc4c(c3)CCC3C4CCC4(C)C(OCCCOC(C)(C(F)(F)F)C(F)(F)F)CCC34)C(=O)CC2=O)CC1OC. The third kappa shape index (κ3) is 15.7. The number of Topliss-reactive ketones (excluding diaryl/α,β-unsaturated/α-hetero) is 2. The third-order valence-corrected chi connectivity index (χ3v) is 20.0. The van der Waals surface area contributed by atoms with E-state index in [4.69, 9.17) is 23.7 Å². The molecule has 3 aliphatic carbocycles. The quantitative estimate of drug-likeness (QED) is 0.0316. The van der Waals surface area contributed by atoms with Crippen LogP contribution in [0.5, 0.6) is 5.75 Å². The summed E-state index contributed by atoms with van der Waals surface area (Å²) in [6.07, 6.45) is 2.69. The molecule has 0 bridgehead atoms. The van der Waals surface area contributed by atoms with E-state index in [0.717, 1.165) is 102 Å². The summed E-state index contributed by atoms with van der Waals surface area (Å²) in [7, 11) is 9.21. The fourth-order valence-corrected chi connectivity index (χ4v) is 14.6. The topological polar surface area (TPSA) is 113 Å². The molecule has 3 fully saturated rings. The second-order valence-corrected chi connectivity index (χ2v) is 25.4. The molecule has 0 N–H and O–H groups in total. The Morgan fingerprint density at radius 2 is 1.65 bits per heavy atom. The van der Waals surface area contributed by atoms with E-state index in [-0.39, 0.29) is 78.7 Å². The molecule has 2 saturated carbocycles. The van der Waals surface area contributed by atoms with Gasteiger partial charge in [-0.25, -0.2) is 0 Å². The lowest BCUT2D eigenvalue weighted by Crippen LogP contribution is -2.56. The molecule has 74 heavy (non-hydrogen) atoms. The maximum Gasteiger partial charge on any atom is 0.426 e. The van der Waals surface area contributed by atoms with Crippen LogP contribution < -0.4 is 4.74 Å².